The van der Waals surface area contributed by atoms with Gasteiger partial charge in [-0.2, -0.15) is 0 Å². The molecule has 0 saturated heterocycles. The van der Waals surface area contributed by atoms with E-state index in [9.17, 15) is 9.90 Å². The van der Waals surface area contributed by atoms with Gasteiger partial charge in [-0.3, -0.25) is 9.78 Å². The summed E-state index contributed by atoms with van der Waals surface area (Å²) in [7, 11) is 0. The van der Waals surface area contributed by atoms with Crippen LogP contribution in [0.4, 0.5) is 0 Å². The van der Waals surface area contributed by atoms with E-state index < -0.39 is 5.60 Å². The van der Waals surface area contributed by atoms with Gasteiger partial charge in [0.25, 0.3) is 0 Å². The lowest BCUT2D eigenvalue weighted by atomic mass is 9.44. The van der Waals surface area contributed by atoms with Gasteiger partial charge >= 0.3 is 0 Å². The molecule has 4 heteroatoms. The molecule has 4 fully saturated rings. The first-order valence-electron chi connectivity index (χ1n) is 12.5. The van der Waals surface area contributed by atoms with E-state index in [2.05, 4.69) is 24.8 Å². The third-order valence-electron chi connectivity index (χ3n) is 10.4. The highest BCUT2D eigenvalue weighted by molar-refractivity contribution is 8.00. The summed E-state index contributed by atoms with van der Waals surface area (Å²) < 4.78 is 0. The molecule has 1 aromatic rings. The highest BCUT2D eigenvalue weighted by Gasteiger charge is 2.61. The number of nitrogens with zero attached hydrogens (tertiary/aromatic N) is 1. The number of aliphatic hydroxyl groups is 1. The average Bonchev–Trinajstić information content (AvgIpc) is 3.16. The topological polar surface area (TPSA) is 50.2 Å². The van der Waals surface area contributed by atoms with Gasteiger partial charge in [-0.05, 0) is 104 Å². The second kappa shape index (κ2) is 8.17. The summed E-state index contributed by atoms with van der Waals surface area (Å²) in [5.41, 5.74) is -0.432. The number of Topliss-reactive ketones (excluding diaryl/α,β-unsaturated/α-hetero) is 1. The molecule has 0 spiro atoms. The number of thioether (sulfide) groups is 1. The number of carbonyl (C=O) groups is 1. The van der Waals surface area contributed by atoms with Crippen LogP contribution >= 0.6 is 11.8 Å². The molecule has 0 radical (unpaired) electrons. The first-order valence-corrected chi connectivity index (χ1v) is 13.5. The summed E-state index contributed by atoms with van der Waals surface area (Å²) in [6, 6.07) is 3.99. The Balaban J connectivity index is 1.30. The maximum atomic E-state index is 13.4. The van der Waals surface area contributed by atoms with E-state index in [1.54, 1.807) is 24.2 Å². The van der Waals surface area contributed by atoms with Gasteiger partial charge in [0.05, 0.1) is 5.75 Å². The van der Waals surface area contributed by atoms with Gasteiger partial charge < -0.3 is 5.11 Å². The van der Waals surface area contributed by atoms with Crippen molar-refractivity contribution in [3.05, 3.63) is 24.5 Å². The number of pyridine rings is 1. The van der Waals surface area contributed by atoms with E-state index in [0.717, 1.165) is 42.4 Å². The maximum absolute atomic E-state index is 13.4. The fourth-order valence-electron chi connectivity index (χ4n) is 8.60. The molecule has 4 aliphatic carbocycles. The molecular weight excluding hydrogens is 414 g/mol. The normalized spacial score (nSPS) is 45.2. The lowest BCUT2D eigenvalue weighted by Crippen LogP contribution is -2.56. The number of rotatable bonds is 4. The predicted molar refractivity (Wildman–Crippen MR) is 129 cm³/mol. The second-order valence-corrected chi connectivity index (χ2v) is 12.7. The van der Waals surface area contributed by atoms with Crippen LogP contribution < -0.4 is 0 Å². The van der Waals surface area contributed by atoms with Crippen molar-refractivity contribution < 1.29 is 9.90 Å². The van der Waals surface area contributed by atoms with Crippen LogP contribution in [0.5, 0.6) is 0 Å². The Bertz CT molecular complexity index is 912. The van der Waals surface area contributed by atoms with E-state index in [0.29, 0.717) is 28.8 Å². The van der Waals surface area contributed by atoms with Gasteiger partial charge in [-0.25, -0.2) is 0 Å². The van der Waals surface area contributed by atoms with Crippen LogP contribution in [-0.4, -0.2) is 27.2 Å². The third-order valence-corrected chi connectivity index (χ3v) is 11.4. The minimum absolute atomic E-state index is 0.161. The van der Waals surface area contributed by atoms with E-state index in [1.807, 2.05) is 12.1 Å². The number of hydrogen-bond acceptors (Lipinski definition) is 4. The van der Waals surface area contributed by atoms with Gasteiger partial charge in [-0.15, -0.1) is 18.2 Å². The zero-order valence-corrected chi connectivity index (χ0v) is 20.4. The van der Waals surface area contributed by atoms with Crippen LogP contribution in [0.2, 0.25) is 0 Å². The Labute approximate surface area is 197 Å². The van der Waals surface area contributed by atoms with Crippen molar-refractivity contribution in [3.63, 3.8) is 0 Å². The SMILES string of the molecule is C#CC1(O)CC[C@@]2(C)C(CC[C@H]3[C@@H]4CC[C@H](C(=O)CSc5ccncc5)[C@@]4(C)CC[C@@H]32)C1. The lowest BCUT2D eigenvalue weighted by Gasteiger charge is -2.61. The number of carbonyl (C=O) groups excluding carboxylic acids is 1. The molecule has 4 saturated carbocycles. The predicted octanol–water partition coefficient (Wildman–Crippen LogP) is 5.77. The minimum Gasteiger partial charge on any atom is -0.378 e. The summed E-state index contributed by atoms with van der Waals surface area (Å²) in [6.07, 6.45) is 19.0. The molecule has 0 amide bonds. The number of hydrogen-bond donors (Lipinski definition) is 1. The lowest BCUT2D eigenvalue weighted by molar-refractivity contribution is -0.144. The fourth-order valence-corrected chi connectivity index (χ4v) is 9.42. The standard InChI is InChI=1S/C28H37NO2S/c1-4-28(31)14-13-26(2)19(17-28)5-6-21-22-7-8-24(27(22,3)12-9-23(21)26)25(30)18-32-20-10-15-29-16-11-20/h1,10-11,15-16,19,21-24,31H,5-9,12-14,17-18H2,2-3H3/t19?,21-,22-,23-,24+,26-,27-,28?/m0/s1. The Morgan fingerprint density at radius 3 is 2.59 bits per heavy atom. The summed E-state index contributed by atoms with van der Waals surface area (Å²) in [5, 5.41) is 10.8. The smallest absolute Gasteiger partial charge is 0.146 e. The molecule has 32 heavy (non-hydrogen) atoms. The van der Waals surface area contributed by atoms with Crippen LogP contribution in [0.15, 0.2) is 29.4 Å². The first kappa shape index (κ1) is 22.5. The molecule has 2 unspecified atom stereocenters. The van der Waals surface area contributed by atoms with Gasteiger partial charge in [0.15, 0.2) is 0 Å². The molecule has 4 aliphatic rings. The van der Waals surface area contributed by atoms with Gasteiger partial charge in [-0.1, -0.05) is 19.8 Å². The average molecular weight is 452 g/mol. The minimum atomic E-state index is -0.891. The highest BCUT2D eigenvalue weighted by atomic mass is 32.2. The zero-order chi connectivity index (χ0) is 22.6. The summed E-state index contributed by atoms with van der Waals surface area (Å²) >= 11 is 1.66. The van der Waals surface area contributed by atoms with Crippen molar-refractivity contribution >= 4 is 17.5 Å². The molecule has 3 nitrogen and oxygen atoms in total. The Hall–Kier alpha value is -1.31. The zero-order valence-electron chi connectivity index (χ0n) is 19.6. The Morgan fingerprint density at radius 2 is 1.84 bits per heavy atom. The number of terminal acetylenes is 1. The van der Waals surface area contributed by atoms with Crippen LogP contribution in [-0.2, 0) is 4.79 Å². The van der Waals surface area contributed by atoms with E-state index >= 15 is 0 Å². The van der Waals surface area contributed by atoms with Crippen LogP contribution in [0.3, 0.4) is 0 Å². The highest BCUT2D eigenvalue weighted by Crippen LogP contribution is 2.68. The molecular formula is C28H37NO2S. The van der Waals surface area contributed by atoms with E-state index in [1.165, 1.54) is 32.1 Å². The Morgan fingerprint density at radius 1 is 1.09 bits per heavy atom. The molecule has 1 N–H and O–H groups in total. The molecule has 0 aliphatic heterocycles. The van der Waals surface area contributed by atoms with Crippen molar-refractivity contribution in [2.24, 2.45) is 40.4 Å². The van der Waals surface area contributed by atoms with Crippen LogP contribution in [0.1, 0.15) is 71.6 Å². The Kier molecular flexibility index (Phi) is 5.74. The molecule has 8 atom stereocenters. The molecule has 172 valence electrons. The maximum Gasteiger partial charge on any atom is 0.146 e. The van der Waals surface area contributed by atoms with Gasteiger partial charge in [0.2, 0.25) is 0 Å². The summed E-state index contributed by atoms with van der Waals surface area (Å²) in [5.74, 6) is 6.62. The monoisotopic (exact) mass is 451 g/mol. The third kappa shape index (κ3) is 3.55. The number of ketones is 1. The van der Waals surface area contributed by atoms with Crippen molar-refractivity contribution in [2.75, 3.05) is 5.75 Å². The fraction of sp³-hybridized carbons (Fsp3) is 0.714. The largest absolute Gasteiger partial charge is 0.378 e. The van der Waals surface area contributed by atoms with Crippen molar-refractivity contribution in [2.45, 2.75) is 82.1 Å². The molecule has 0 aromatic carbocycles. The molecule has 1 heterocycles. The van der Waals surface area contributed by atoms with Crippen LogP contribution in [0.25, 0.3) is 0 Å². The van der Waals surface area contributed by atoms with Crippen LogP contribution in [0, 0.1) is 52.8 Å². The number of fused-ring (bicyclic) bond motifs is 5. The molecule has 1 aromatic heterocycles. The van der Waals surface area contributed by atoms with Gasteiger partial charge in [0.1, 0.15) is 11.4 Å². The van der Waals surface area contributed by atoms with Gasteiger partial charge in [0, 0.05) is 23.2 Å². The molecule has 0 bridgehead atoms. The van der Waals surface area contributed by atoms with Crippen molar-refractivity contribution in [1.82, 2.24) is 4.98 Å². The summed E-state index contributed by atoms with van der Waals surface area (Å²) in [4.78, 5) is 18.6. The quantitative estimate of drug-likeness (QED) is 0.467. The molecule has 5 rings (SSSR count). The van der Waals surface area contributed by atoms with E-state index in [-0.39, 0.29) is 11.3 Å². The second-order valence-electron chi connectivity index (χ2n) is 11.6. The van der Waals surface area contributed by atoms with Crippen molar-refractivity contribution in [1.29, 1.82) is 0 Å². The van der Waals surface area contributed by atoms with Crippen molar-refractivity contribution in [3.8, 4) is 12.3 Å². The van der Waals surface area contributed by atoms with E-state index in [4.69, 9.17) is 6.42 Å². The number of aromatic nitrogens is 1. The first-order chi connectivity index (χ1) is 15.3. The summed E-state index contributed by atoms with van der Waals surface area (Å²) in [6.45, 7) is 4.93.